The van der Waals surface area contributed by atoms with E-state index in [9.17, 15) is 9.59 Å². The first-order chi connectivity index (χ1) is 10.6. The Bertz CT molecular complexity index is 740. The maximum Gasteiger partial charge on any atom is 0.262 e. The van der Waals surface area contributed by atoms with Gasteiger partial charge in [0.1, 0.15) is 5.75 Å². The molecule has 112 valence electrons. The van der Waals surface area contributed by atoms with Crippen LogP contribution in [0.25, 0.3) is 0 Å². The standard InChI is InChI=1S/C17H16N2O3/c1-11-4-2-5-12(8-11)9-18-17(21)13-6-3-7-14-16(13)19-15(20)10-22-14/h2-8H,9-10H2,1H3,(H,18,21)(H,19,20). The van der Waals surface area contributed by atoms with Gasteiger partial charge in [0.15, 0.2) is 6.61 Å². The van der Waals surface area contributed by atoms with Gasteiger partial charge in [0.2, 0.25) is 0 Å². The zero-order chi connectivity index (χ0) is 15.5. The molecule has 2 amide bonds. The van der Waals surface area contributed by atoms with E-state index < -0.39 is 0 Å². The second-order valence-corrected chi connectivity index (χ2v) is 5.19. The lowest BCUT2D eigenvalue weighted by atomic mass is 10.1. The molecule has 0 saturated carbocycles. The van der Waals surface area contributed by atoms with E-state index in [-0.39, 0.29) is 18.4 Å². The van der Waals surface area contributed by atoms with Gasteiger partial charge in [-0.25, -0.2) is 0 Å². The molecule has 0 aliphatic carbocycles. The van der Waals surface area contributed by atoms with Crippen molar-refractivity contribution in [2.75, 3.05) is 11.9 Å². The van der Waals surface area contributed by atoms with Gasteiger partial charge in [-0.15, -0.1) is 0 Å². The van der Waals surface area contributed by atoms with E-state index in [4.69, 9.17) is 4.74 Å². The van der Waals surface area contributed by atoms with Crippen molar-refractivity contribution in [3.8, 4) is 5.75 Å². The van der Waals surface area contributed by atoms with Crippen LogP contribution in [0.5, 0.6) is 5.75 Å². The number of amides is 2. The van der Waals surface area contributed by atoms with E-state index in [2.05, 4.69) is 10.6 Å². The van der Waals surface area contributed by atoms with Gasteiger partial charge >= 0.3 is 0 Å². The third-order valence-electron chi connectivity index (χ3n) is 3.43. The highest BCUT2D eigenvalue weighted by molar-refractivity contribution is 6.06. The van der Waals surface area contributed by atoms with Crippen LogP contribution in [-0.2, 0) is 11.3 Å². The third kappa shape index (κ3) is 2.93. The molecule has 0 spiro atoms. The Labute approximate surface area is 128 Å². The fourth-order valence-corrected chi connectivity index (χ4v) is 2.39. The number of carbonyl (C=O) groups excluding carboxylic acids is 2. The fraction of sp³-hybridized carbons (Fsp3) is 0.176. The van der Waals surface area contributed by atoms with Crippen LogP contribution in [0.3, 0.4) is 0 Å². The zero-order valence-corrected chi connectivity index (χ0v) is 12.2. The highest BCUT2D eigenvalue weighted by atomic mass is 16.5. The van der Waals surface area contributed by atoms with Gasteiger partial charge in [-0.05, 0) is 24.6 Å². The van der Waals surface area contributed by atoms with E-state index >= 15 is 0 Å². The average molecular weight is 296 g/mol. The highest BCUT2D eigenvalue weighted by Gasteiger charge is 2.22. The van der Waals surface area contributed by atoms with Gasteiger partial charge in [-0.3, -0.25) is 9.59 Å². The summed E-state index contributed by atoms with van der Waals surface area (Å²) in [5.74, 6) is 0.0124. The largest absolute Gasteiger partial charge is 0.482 e. The number of anilines is 1. The van der Waals surface area contributed by atoms with Gasteiger partial charge < -0.3 is 15.4 Å². The highest BCUT2D eigenvalue weighted by Crippen LogP contribution is 2.31. The normalized spacial score (nSPS) is 12.9. The lowest BCUT2D eigenvalue weighted by Gasteiger charge is -2.20. The number of nitrogens with one attached hydrogen (secondary N) is 2. The van der Waals surface area contributed by atoms with Crippen molar-refractivity contribution in [1.29, 1.82) is 0 Å². The molecule has 1 heterocycles. The molecule has 22 heavy (non-hydrogen) atoms. The Kier molecular flexibility index (Phi) is 3.78. The van der Waals surface area contributed by atoms with Crippen molar-refractivity contribution >= 4 is 17.5 Å². The molecule has 0 aromatic heterocycles. The maximum atomic E-state index is 12.4. The van der Waals surface area contributed by atoms with Gasteiger partial charge in [0, 0.05) is 6.54 Å². The Hall–Kier alpha value is -2.82. The second-order valence-electron chi connectivity index (χ2n) is 5.19. The van der Waals surface area contributed by atoms with Crippen LogP contribution in [0.2, 0.25) is 0 Å². The van der Waals surface area contributed by atoms with Gasteiger partial charge in [-0.2, -0.15) is 0 Å². The van der Waals surface area contributed by atoms with Gasteiger partial charge in [0.25, 0.3) is 11.8 Å². The molecule has 0 unspecified atom stereocenters. The maximum absolute atomic E-state index is 12.4. The third-order valence-corrected chi connectivity index (χ3v) is 3.43. The summed E-state index contributed by atoms with van der Waals surface area (Å²) < 4.78 is 5.31. The summed E-state index contributed by atoms with van der Waals surface area (Å²) >= 11 is 0. The molecule has 2 N–H and O–H groups in total. The first-order valence-corrected chi connectivity index (χ1v) is 7.03. The van der Waals surface area contributed by atoms with Crippen molar-refractivity contribution in [1.82, 2.24) is 5.32 Å². The summed E-state index contributed by atoms with van der Waals surface area (Å²) in [6.45, 7) is 2.41. The van der Waals surface area contributed by atoms with E-state index in [1.165, 1.54) is 0 Å². The summed E-state index contributed by atoms with van der Waals surface area (Å²) in [5.41, 5.74) is 3.00. The lowest BCUT2D eigenvalue weighted by Crippen LogP contribution is -2.29. The van der Waals surface area contributed by atoms with Gasteiger partial charge in [0.05, 0.1) is 11.3 Å². The molecule has 0 saturated heterocycles. The minimum absolute atomic E-state index is 0.0264. The summed E-state index contributed by atoms with van der Waals surface area (Å²) in [6, 6.07) is 13.1. The van der Waals surface area contributed by atoms with Crippen LogP contribution >= 0.6 is 0 Å². The lowest BCUT2D eigenvalue weighted by molar-refractivity contribution is -0.118. The monoisotopic (exact) mass is 296 g/mol. The molecule has 0 radical (unpaired) electrons. The van der Waals surface area contributed by atoms with Crippen molar-refractivity contribution < 1.29 is 14.3 Å². The van der Waals surface area contributed by atoms with Crippen molar-refractivity contribution in [3.63, 3.8) is 0 Å². The topological polar surface area (TPSA) is 67.4 Å². The Morgan fingerprint density at radius 3 is 2.91 bits per heavy atom. The van der Waals surface area contributed by atoms with Crippen LogP contribution in [0.1, 0.15) is 21.5 Å². The fourth-order valence-electron chi connectivity index (χ4n) is 2.39. The van der Waals surface area contributed by atoms with Crippen LogP contribution in [0, 0.1) is 6.92 Å². The summed E-state index contributed by atoms with van der Waals surface area (Å²) in [4.78, 5) is 23.8. The number of fused-ring (bicyclic) bond motifs is 1. The van der Waals surface area contributed by atoms with Crippen molar-refractivity contribution in [3.05, 3.63) is 59.2 Å². The van der Waals surface area contributed by atoms with E-state index in [1.54, 1.807) is 18.2 Å². The molecule has 1 aliphatic rings. The number of hydrogen-bond donors (Lipinski definition) is 2. The van der Waals surface area contributed by atoms with E-state index in [0.29, 0.717) is 23.5 Å². The zero-order valence-electron chi connectivity index (χ0n) is 12.2. The Morgan fingerprint density at radius 1 is 1.27 bits per heavy atom. The smallest absolute Gasteiger partial charge is 0.262 e. The Balaban J connectivity index is 1.77. The van der Waals surface area contributed by atoms with Crippen molar-refractivity contribution in [2.45, 2.75) is 13.5 Å². The number of carbonyl (C=O) groups is 2. The van der Waals surface area contributed by atoms with E-state index in [1.807, 2.05) is 31.2 Å². The molecular formula is C17H16N2O3. The number of benzene rings is 2. The first-order valence-electron chi connectivity index (χ1n) is 7.03. The molecule has 0 bridgehead atoms. The summed E-state index contributed by atoms with van der Waals surface area (Å²) in [6.07, 6.45) is 0. The molecular weight excluding hydrogens is 280 g/mol. The Morgan fingerprint density at radius 2 is 2.09 bits per heavy atom. The number of rotatable bonds is 3. The minimum atomic E-state index is -0.258. The van der Waals surface area contributed by atoms with Crippen molar-refractivity contribution in [2.24, 2.45) is 0 Å². The second kappa shape index (κ2) is 5.89. The van der Waals surface area contributed by atoms with E-state index in [0.717, 1.165) is 11.1 Å². The quantitative estimate of drug-likeness (QED) is 0.913. The van der Waals surface area contributed by atoms with Crippen LogP contribution in [-0.4, -0.2) is 18.4 Å². The predicted octanol–water partition coefficient (Wildman–Crippen LogP) is 2.26. The molecule has 5 nitrogen and oxygen atoms in total. The average Bonchev–Trinajstić information content (AvgIpc) is 2.52. The molecule has 0 fully saturated rings. The number of hydrogen-bond acceptors (Lipinski definition) is 3. The van der Waals surface area contributed by atoms with Crippen LogP contribution in [0.15, 0.2) is 42.5 Å². The van der Waals surface area contributed by atoms with Gasteiger partial charge in [-0.1, -0.05) is 35.9 Å². The SMILES string of the molecule is Cc1cccc(CNC(=O)c2cccc3c2NC(=O)CO3)c1. The predicted molar refractivity (Wildman–Crippen MR) is 82.9 cm³/mol. The number of ether oxygens (including phenoxy) is 1. The van der Waals surface area contributed by atoms with Crippen LogP contribution < -0.4 is 15.4 Å². The molecule has 2 aromatic rings. The molecule has 5 heteroatoms. The molecule has 2 aromatic carbocycles. The van der Waals surface area contributed by atoms with Crippen LogP contribution in [0.4, 0.5) is 5.69 Å². The number of para-hydroxylation sites is 1. The summed E-state index contributed by atoms with van der Waals surface area (Å²) in [7, 11) is 0. The number of aryl methyl sites for hydroxylation is 1. The molecule has 3 rings (SSSR count). The minimum Gasteiger partial charge on any atom is -0.482 e. The summed E-state index contributed by atoms with van der Waals surface area (Å²) in [5, 5.41) is 5.55. The first kappa shape index (κ1) is 14.1. The molecule has 1 aliphatic heterocycles. The molecule has 0 atom stereocenters.